The molecule has 1 aromatic carbocycles. The molecule has 0 aliphatic heterocycles. The Morgan fingerprint density at radius 1 is 1.29 bits per heavy atom. The summed E-state index contributed by atoms with van der Waals surface area (Å²) in [5.41, 5.74) is 0.623. The van der Waals surface area contributed by atoms with E-state index in [1.54, 1.807) is 12.1 Å². The maximum Gasteiger partial charge on any atom is 0.159 e. The standard InChI is InChI=1S/C8H8O2.C5H12O2/c1-6(9)7-2-4-8(10)5-3-7;1-2-3-5(7)4-6/h2-5,10H,1H3;5-7H,2-4H2,1H3. The van der Waals surface area contributed by atoms with Gasteiger partial charge in [0.1, 0.15) is 5.75 Å². The Kier molecular flexibility index (Phi) is 8.01. The van der Waals surface area contributed by atoms with Crippen molar-refractivity contribution in [3.05, 3.63) is 29.8 Å². The van der Waals surface area contributed by atoms with Gasteiger partial charge in [-0.2, -0.15) is 0 Å². The highest BCUT2D eigenvalue weighted by Gasteiger charge is 1.96. The molecular formula is C13H20O4. The molecule has 1 aromatic rings. The molecule has 0 saturated carbocycles. The number of Topliss-reactive ketones (excluding diaryl/α,β-unsaturated/α-hetero) is 1. The van der Waals surface area contributed by atoms with Crippen LogP contribution in [0.2, 0.25) is 0 Å². The van der Waals surface area contributed by atoms with Crippen LogP contribution in [-0.4, -0.2) is 33.8 Å². The zero-order chi connectivity index (χ0) is 13.3. The Morgan fingerprint density at radius 3 is 2.12 bits per heavy atom. The summed E-state index contributed by atoms with van der Waals surface area (Å²) in [6.07, 6.45) is 1.14. The first-order chi connectivity index (χ1) is 8.01. The summed E-state index contributed by atoms with van der Waals surface area (Å²) in [5, 5.41) is 25.7. The van der Waals surface area contributed by atoms with Crippen molar-refractivity contribution < 1.29 is 20.1 Å². The van der Waals surface area contributed by atoms with Crippen molar-refractivity contribution in [2.24, 2.45) is 0 Å². The number of carbonyl (C=O) groups is 1. The first kappa shape index (κ1) is 15.6. The molecule has 3 N–H and O–H groups in total. The number of rotatable bonds is 4. The molecule has 0 aromatic heterocycles. The molecule has 1 atom stereocenters. The highest BCUT2D eigenvalue weighted by molar-refractivity contribution is 5.94. The molecule has 17 heavy (non-hydrogen) atoms. The van der Waals surface area contributed by atoms with Gasteiger partial charge in [0.15, 0.2) is 5.78 Å². The second kappa shape index (κ2) is 8.73. The number of hydrogen-bond donors (Lipinski definition) is 3. The van der Waals surface area contributed by atoms with Crippen molar-refractivity contribution in [2.45, 2.75) is 32.8 Å². The predicted octanol–water partition coefficient (Wildman–Crippen LogP) is 1.73. The fourth-order valence-electron chi connectivity index (χ4n) is 1.12. The molecule has 0 saturated heterocycles. The predicted molar refractivity (Wildman–Crippen MR) is 66.1 cm³/mol. The molecule has 4 nitrogen and oxygen atoms in total. The Morgan fingerprint density at radius 2 is 1.82 bits per heavy atom. The van der Waals surface area contributed by atoms with Gasteiger partial charge in [0.2, 0.25) is 0 Å². The Hall–Kier alpha value is -1.39. The molecule has 0 spiro atoms. The lowest BCUT2D eigenvalue weighted by molar-refractivity contribution is 0.0877. The van der Waals surface area contributed by atoms with Crippen LogP contribution in [-0.2, 0) is 0 Å². The molecular weight excluding hydrogens is 220 g/mol. The maximum atomic E-state index is 10.7. The van der Waals surface area contributed by atoms with Crippen molar-refractivity contribution >= 4 is 5.78 Å². The Labute approximate surface area is 102 Å². The minimum Gasteiger partial charge on any atom is -0.508 e. The molecule has 0 fully saturated rings. The lowest BCUT2D eigenvalue weighted by atomic mass is 10.1. The second-order valence-electron chi connectivity index (χ2n) is 3.73. The van der Waals surface area contributed by atoms with E-state index < -0.39 is 6.10 Å². The van der Waals surface area contributed by atoms with Crippen molar-refractivity contribution in [2.75, 3.05) is 6.61 Å². The van der Waals surface area contributed by atoms with E-state index >= 15 is 0 Å². The summed E-state index contributed by atoms with van der Waals surface area (Å²) in [5.74, 6) is 0.199. The SMILES string of the molecule is CC(=O)c1ccc(O)cc1.CCCC(O)CO. The van der Waals surface area contributed by atoms with Gasteiger partial charge in [-0.25, -0.2) is 0 Å². The van der Waals surface area contributed by atoms with E-state index in [1.807, 2.05) is 6.92 Å². The molecule has 0 aliphatic rings. The third-order valence-corrected chi connectivity index (χ3v) is 2.11. The minimum atomic E-state index is -0.495. The highest BCUT2D eigenvalue weighted by Crippen LogP contribution is 2.09. The van der Waals surface area contributed by atoms with Gasteiger partial charge >= 0.3 is 0 Å². The van der Waals surface area contributed by atoms with Crippen LogP contribution in [0.1, 0.15) is 37.0 Å². The van der Waals surface area contributed by atoms with Crippen molar-refractivity contribution in [3.8, 4) is 5.75 Å². The van der Waals surface area contributed by atoms with Gasteiger partial charge in [-0.15, -0.1) is 0 Å². The summed E-state index contributed by atoms with van der Waals surface area (Å²) in [4.78, 5) is 10.7. The van der Waals surface area contributed by atoms with E-state index in [0.717, 1.165) is 6.42 Å². The van der Waals surface area contributed by atoms with Crippen LogP contribution in [0.4, 0.5) is 0 Å². The number of aliphatic hydroxyl groups is 2. The molecule has 1 unspecified atom stereocenters. The van der Waals surface area contributed by atoms with Gasteiger partial charge in [0.05, 0.1) is 12.7 Å². The molecule has 0 amide bonds. The van der Waals surface area contributed by atoms with E-state index in [-0.39, 0.29) is 18.1 Å². The van der Waals surface area contributed by atoms with Crippen LogP contribution < -0.4 is 0 Å². The largest absolute Gasteiger partial charge is 0.508 e. The monoisotopic (exact) mass is 240 g/mol. The summed E-state index contributed by atoms with van der Waals surface area (Å²) < 4.78 is 0. The number of benzene rings is 1. The number of aliphatic hydroxyl groups excluding tert-OH is 2. The molecule has 4 heteroatoms. The van der Waals surface area contributed by atoms with Gasteiger partial charge in [-0.05, 0) is 37.6 Å². The van der Waals surface area contributed by atoms with E-state index in [0.29, 0.717) is 12.0 Å². The average molecular weight is 240 g/mol. The molecule has 0 radical (unpaired) electrons. The van der Waals surface area contributed by atoms with Crippen molar-refractivity contribution in [3.63, 3.8) is 0 Å². The minimum absolute atomic E-state index is 0.0139. The third-order valence-electron chi connectivity index (χ3n) is 2.11. The van der Waals surface area contributed by atoms with E-state index in [9.17, 15) is 4.79 Å². The summed E-state index contributed by atoms with van der Waals surface area (Å²) in [7, 11) is 0. The van der Waals surface area contributed by atoms with Gasteiger partial charge < -0.3 is 15.3 Å². The molecule has 1 rings (SSSR count). The summed E-state index contributed by atoms with van der Waals surface area (Å²) >= 11 is 0. The lowest BCUT2D eigenvalue weighted by Crippen LogP contribution is -2.10. The molecule has 0 bridgehead atoms. The number of ketones is 1. The average Bonchev–Trinajstić information content (AvgIpc) is 2.30. The van der Waals surface area contributed by atoms with E-state index in [2.05, 4.69) is 0 Å². The molecule has 96 valence electrons. The van der Waals surface area contributed by atoms with Gasteiger partial charge in [0.25, 0.3) is 0 Å². The van der Waals surface area contributed by atoms with E-state index in [1.165, 1.54) is 19.1 Å². The van der Waals surface area contributed by atoms with Crippen LogP contribution in [0.5, 0.6) is 5.75 Å². The fourth-order valence-corrected chi connectivity index (χ4v) is 1.12. The van der Waals surface area contributed by atoms with Gasteiger partial charge in [0, 0.05) is 5.56 Å². The van der Waals surface area contributed by atoms with Crippen LogP contribution in [0.3, 0.4) is 0 Å². The number of aromatic hydroxyl groups is 1. The van der Waals surface area contributed by atoms with Gasteiger partial charge in [-0.1, -0.05) is 13.3 Å². The zero-order valence-electron chi connectivity index (χ0n) is 10.3. The maximum absolute atomic E-state index is 10.7. The number of carbonyl (C=O) groups excluding carboxylic acids is 1. The first-order valence-electron chi connectivity index (χ1n) is 5.60. The highest BCUT2D eigenvalue weighted by atomic mass is 16.3. The van der Waals surface area contributed by atoms with Crippen LogP contribution in [0, 0.1) is 0 Å². The Balaban J connectivity index is 0.000000325. The Bertz CT molecular complexity index is 319. The lowest BCUT2D eigenvalue weighted by Gasteiger charge is -2.01. The third kappa shape index (κ3) is 7.49. The smallest absolute Gasteiger partial charge is 0.159 e. The van der Waals surface area contributed by atoms with Gasteiger partial charge in [-0.3, -0.25) is 4.79 Å². The normalized spacial score (nSPS) is 11.3. The van der Waals surface area contributed by atoms with Crippen LogP contribution >= 0.6 is 0 Å². The van der Waals surface area contributed by atoms with Crippen molar-refractivity contribution in [1.29, 1.82) is 0 Å². The second-order valence-corrected chi connectivity index (χ2v) is 3.73. The molecule has 0 aliphatic carbocycles. The first-order valence-corrected chi connectivity index (χ1v) is 5.60. The zero-order valence-corrected chi connectivity index (χ0v) is 10.3. The summed E-state index contributed by atoms with van der Waals surface area (Å²) in [6.45, 7) is 3.36. The molecule has 0 heterocycles. The topological polar surface area (TPSA) is 77.8 Å². The number of hydrogen-bond acceptors (Lipinski definition) is 4. The van der Waals surface area contributed by atoms with E-state index in [4.69, 9.17) is 15.3 Å². The van der Waals surface area contributed by atoms with Crippen molar-refractivity contribution in [1.82, 2.24) is 0 Å². The summed E-state index contributed by atoms with van der Waals surface area (Å²) in [6, 6.07) is 6.18. The van der Waals surface area contributed by atoms with Crippen LogP contribution in [0.15, 0.2) is 24.3 Å². The number of phenols is 1. The quantitative estimate of drug-likeness (QED) is 0.700. The fraction of sp³-hybridized carbons (Fsp3) is 0.462. The number of phenolic OH excluding ortho intramolecular Hbond substituents is 1. The van der Waals surface area contributed by atoms with Crippen LogP contribution in [0.25, 0.3) is 0 Å².